The lowest BCUT2D eigenvalue weighted by atomic mass is 10.2. The fourth-order valence-electron chi connectivity index (χ4n) is 1.28. The van der Waals surface area contributed by atoms with Crippen LogP contribution in [0.25, 0.3) is 6.08 Å². The standard InChI is InChI=1S/C14H20O3/c1-3-13-5-7-14(8-6-13)17-12-11-16-10-9-15-4-2/h3,5-8H,1,4,9-12H2,2H3. The molecule has 0 N–H and O–H groups in total. The third-order valence-corrected chi connectivity index (χ3v) is 2.19. The molecule has 0 spiro atoms. The SMILES string of the molecule is C=Cc1ccc(OCCOCCOCC)cc1. The van der Waals surface area contributed by atoms with Gasteiger partial charge in [0.2, 0.25) is 0 Å². The molecular formula is C14H20O3. The van der Waals surface area contributed by atoms with Gasteiger partial charge in [-0.25, -0.2) is 0 Å². The van der Waals surface area contributed by atoms with Crippen LogP contribution in [0.5, 0.6) is 5.75 Å². The Morgan fingerprint density at radius 2 is 1.65 bits per heavy atom. The van der Waals surface area contributed by atoms with Gasteiger partial charge in [-0.05, 0) is 24.6 Å². The first-order chi connectivity index (χ1) is 8.36. The molecule has 0 bridgehead atoms. The lowest BCUT2D eigenvalue weighted by Gasteiger charge is -2.07. The summed E-state index contributed by atoms with van der Waals surface area (Å²) in [4.78, 5) is 0. The molecule has 0 unspecified atom stereocenters. The largest absolute Gasteiger partial charge is 0.491 e. The minimum atomic E-state index is 0.555. The molecule has 0 aliphatic rings. The molecule has 1 aromatic rings. The molecule has 0 heterocycles. The van der Waals surface area contributed by atoms with E-state index in [-0.39, 0.29) is 0 Å². The maximum atomic E-state index is 5.51. The topological polar surface area (TPSA) is 27.7 Å². The predicted molar refractivity (Wildman–Crippen MR) is 69.3 cm³/mol. The van der Waals surface area contributed by atoms with Gasteiger partial charge >= 0.3 is 0 Å². The van der Waals surface area contributed by atoms with Crippen LogP contribution in [-0.4, -0.2) is 33.0 Å². The van der Waals surface area contributed by atoms with E-state index in [9.17, 15) is 0 Å². The molecule has 0 aliphatic carbocycles. The van der Waals surface area contributed by atoms with Crippen LogP contribution < -0.4 is 4.74 Å². The highest BCUT2D eigenvalue weighted by Crippen LogP contribution is 2.12. The van der Waals surface area contributed by atoms with E-state index in [0.29, 0.717) is 26.4 Å². The van der Waals surface area contributed by atoms with E-state index in [0.717, 1.165) is 17.9 Å². The highest BCUT2D eigenvalue weighted by Gasteiger charge is 1.94. The van der Waals surface area contributed by atoms with Crippen molar-refractivity contribution in [1.29, 1.82) is 0 Å². The first-order valence-electron chi connectivity index (χ1n) is 5.87. The number of hydrogen-bond donors (Lipinski definition) is 0. The highest BCUT2D eigenvalue weighted by atomic mass is 16.5. The Balaban J connectivity index is 2.07. The Labute approximate surface area is 103 Å². The van der Waals surface area contributed by atoms with Crippen molar-refractivity contribution >= 4 is 6.08 Å². The molecule has 0 fully saturated rings. The van der Waals surface area contributed by atoms with Gasteiger partial charge in [0.15, 0.2) is 0 Å². The van der Waals surface area contributed by atoms with E-state index in [1.54, 1.807) is 6.08 Å². The van der Waals surface area contributed by atoms with Crippen LogP contribution in [0.1, 0.15) is 12.5 Å². The fraction of sp³-hybridized carbons (Fsp3) is 0.429. The molecule has 94 valence electrons. The molecule has 17 heavy (non-hydrogen) atoms. The summed E-state index contributed by atoms with van der Waals surface area (Å²) in [5.41, 5.74) is 1.09. The molecule has 0 aliphatic heterocycles. The Morgan fingerprint density at radius 1 is 1.00 bits per heavy atom. The van der Waals surface area contributed by atoms with Crippen LogP contribution in [0.3, 0.4) is 0 Å². The summed E-state index contributed by atoms with van der Waals surface area (Å²) in [6.07, 6.45) is 1.81. The van der Waals surface area contributed by atoms with Crippen molar-refractivity contribution in [2.75, 3.05) is 33.0 Å². The average molecular weight is 236 g/mol. The molecule has 1 rings (SSSR count). The zero-order valence-corrected chi connectivity index (χ0v) is 10.4. The zero-order valence-electron chi connectivity index (χ0n) is 10.4. The van der Waals surface area contributed by atoms with Gasteiger partial charge in [-0.3, -0.25) is 0 Å². The summed E-state index contributed by atoms with van der Waals surface area (Å²) in [5, 5.41) is 0. The van der Waals surface area contributed by atoms with Crippen LogP contribution in [-0.2, 0) is 9.47 Å². The second-order valence-electron chi connectivity index (χ2n) is 3.43. The van der Waals surface area contributed by atoms with Crippen LogP contribution in [0, 0.1) is 0 Å². The lowest BCUT2D eigenvalue weighted by molar-refractivity contribution is 0.0405. The summed E-state index contributed by atoms with van der Waals surface area (Å²) in [5.74, 6) is 0.851. The van der Waals surface area contributed by atoms with Gasteiger partial charge in [0.1, 0.15) is 12.4 Å². The minimum Gasteiger partial charge on any atom is -0.491 e. The monoisotopic (exact) mass is 236 g/mol. The summed E-state index contributed by atoms with van der Waals surface area (Å²) >= 11 is 0. The molecule has 0 atom stereocenters. The van der Waals surface area contributed by atoms with E-state index >= 15 is 0 Å². The first kappa shape index (κ1) is 13.7. The Morgan fingerprint density at radius 3 is 2.29 bits per heavy atom. The Bertz CT molecular complexity index is 306. The van der Waals surface area contributed by atoms with Crippen LogP contribution in [0.2, 0.25) is 0 Å². The number of rotatable bonds is 9. The normalized spacial score (nSPS) is 10.2. The minimum absolute atomic E-state index is 0.555. The summed E-state index contributed by atoms with van der Waals surface area (Å²) in [6, 6.07) is 7.80. The Kier molecular flexibility index (Phi) is 7.11. The van der Waals surface area contributed by atoms with Crippen molar-refractivity contribution in [3.63, 3.8) is 0 Å². The van der Waals surface area contributed by atoms with Crippen molar-refractivity contribution in [1.82, 2.24) is 0 Å². The first-order valence-corrected chi connectivity index (χ1v) is 5.87. The summed E-state index contributed by atoms with van der Waals surface area (Å²) in [7, 11) is 0. The second kappa shape index (κ2) is 8.79. The second-order valence-corrected chi connectivity index (χ2v) is 3.43. The molecule has 0 aromatic heterocycles. The molecule has 3 heteroatoms. The van der Waals surface area contributed by atoms with Crippen LogP contribution >= 0.6 is 0 Å². The van der Waals surface area contributed by atoms with Crippen molar-refractivity contribution in [3.8, 4) is 5.75 Å². The maximum absolute atomic E-state index is 5.51. The number of benzene rings is 1. The van der Waals surface area contributed by atoms with Gasteiger partial charge in [-0.2, -0.15) is 0 Å². The summed E-state index contributed by atoms with van der Waals surface area (Å²) in [6.45, 7) is 8.79. The van der Waals surface area contributed by atoms with Gasteiger partial charge in [-0.1, -0.05) is 24.8 Å². The van der Waals surface area contributed by atoms with Gasteiger partial charge < -0.3 is 14.2 Å². The zero-order chi connectivity index (χ0) is 12.3. The molecular weight excluding hydrogens is 216 g/mol. The molecule has 3 nitrogen and oxygen atoms in total. The van der Waals surface area contributed by atoms with Crippen molar-refractivity contribution in [3.05, 3.63) is 36.4 Å². The van der Waals surface area contributed by atoms with E-state index in [1.807, 2.05) is 31.2 Å². The number of ether oxygens (including phenoxy) is 3. The molecule has 0 amide bonds. The third kappa shape index (κ3) is 6.09. The molecule has 1 aromatic carbocycles. The van der Waals surface area contributed by atoms with Crippen LogP contribution in [0.15, 0.2) is 30.8 Å². The molecule has 0 saturated carbocycles. The van der Waals surface area contributed by atoms with Gasteiger partial charge in [-0.15, -0.1) is 0 Å². The highest BCUT2D eigenvalue weighted by molar-refractivity contribution is 5.48. The van der Waals surface area contributed by atoms with E-state index in [4.69, 9.17) is 14.2 Å². The van der Waals surface area contributed by atoms with Gasteiger partial charge in [0.25, 0.3) is 0 Å². The number of hydrogen-bond acceptors (Lipinski definition) is 3. The fourth-order valence-corrected chi connectivity index (χ4v) is 1.28. The van der Waals surface area contributed by atoms with Crippen LogP contribution in [0.4, 0.5) is 0 Å². The van der Waals surface area contributed by atoms with E-state index in [2.05, 4.69) is 6.58 Å². The van der Waals surface area contributed by atoms with Gasteiger partial charge in [0.05, 0.1) is 19.8 Å². The predicted octanol–water partition coefficient (Wildman–Crippen LogP) is 2.76. The summed E-state index contributed by atoms with van der Waals surface area (Å²) < 4.78 is 16.0. The van der Waals surface area contributed by atoms with E-state index in [1.165, 1.54) is 0 Å². The van der Waals surface area contributed by atoms with Crippen molar-refractivity contribution in [2.24, 2.45) is 0 Å². The lowest BCUT2D eigenvalue weighted by Crippen LogP contribution is -2.10. The molecule has 0 saturated heterocycles. The van der Waals surface area contributed by atoms with E-state index < -0.39 is 0 Å². The van der Waals surface area contributed by atoms with Gasteiger partial charge in [0, 0.05) is 6.61 Å². The molecule has 0 radical (unpaired) electrons. The third-order valence-electron chi connectivity index (χ3n) is 2.19. The average Bonchev–Trinajstić information content (AvgIpc) is 2.38. The van der Waals surface area contributed by atoms with Crippen molar-refractivity contribution in [2.45, 2.75) is 6.92 Å². The van der Waals surface area contributed by atoms with Crippen molar-refractivity contribution < 1.29 is 14.2 Å². The Hall–Kier alpha value is -1.32. The maximum Gasteiger partial charge on any atom is 0.119 e. The smallest absolute Gasteiger partial charge is 0.119 e. The quantitative estimate of drug-likeness (QED) is 0.617.